The van der Waals surface area contributed by atoms with E-state index in [-0.39, 0.29) is 21.7 Å². The van der Waals surface area contributed by atoms with Crippen LogP contribution in [-0.2, 0) is 16.2 Å². The Hall–Kier alpha value is -10.2. The van der Waals surface area contributed by atoms with Gasteiger partial charge in [0.25, 0.3) is 0 Å². The van der Waals surface area contributed by atoms with E-state index in [2.05, 4.69) is 353 Å². The standard InChI is InChI=1S/C89H81N5Si/c1-54(86(3,4)5)42-43-55(2)91-82-69(53-90)83(92-70-35-21-15-28-59(70)66-50-56(87(6,7)8)44-47-73(66)92)85(94-72-37-23-17-30-61(72)68-52-58(89(12,13)14)46-49-75(68)94)81(84(82)93-71-36-22-16-29-60(71)67-51-57(88(9,10)11)45-48-74(67)93)65-34-27-41-79-80(65)64-33-20-26-40-78(64)95(79)76-38-24-18-31-62(76)63-32-19-25-39-77(63)95/h15-52,91H,1-14H3/b54-42+,55-43+. The first-order chi connectivity index (χ1) is 45.5. The maximum Gasteiger partial charge on any atom is 0.182 e. The molecule has 0 bridgehead atoms. The fourth-order valence-corrected chi connectivity index (χ4v) is 21.6. The van der Waals surface area contributed by atoms with Crippen molar-refractivity contribution >= 4 is 99.9 Å². The molecule has 6 heteroatoms. The summed E-state index contributed by atoms with van der Waals surface area (Å²) in [5.41, 5.74) is 22.8. The van der Waals surface area contributed by atoms with E-state index in [1.165, 1.54) is 65.3 Å². The highest BCUT2D eigenvalue weighted by Crippen LogP contribution is 2.54. The first-order valence-electron chi connectivity index (χ1n) is 33.8. The van der Waals surface area contributed by atoms with Crippen LogP contribution in [0.4, 0.5) is 5.69 Å². The summed E-state index contributed by atoms with van der Waals surface area (Å²) in [6, 6.07) is 86.5. The number of fused-ring (bicyclic) bond motifs is 19. The number of hydrogen-bond acceptors (Lipinski definition) is 2. The molecule has 95 heavy (non-hydrogen) atoms. The van der Waals surface area contributed by atoms with E-state index in [0.29, 0.717) is 5.56 Å². The summed E-state index contributed by atoms with van der Waals surface area (Å²) >= 11 is 0. The van der Waals surface area contributed by atoms with Gasteiger partial charge in [-0.05, 0) is 161 Å². The summed E-state index contributed by atoms with van der Waals surface area (Å²) < 4.78 is 7.57. The van der Waals surface area contributed by atoms with E-state index in [9.17, 15) is 5.26 Å². The van der Waals surface area contributed by atoms with E-state index in [1.807, 2.05) is 0 Å². The Labute approximate surface area is 560 Å². The summed E-state index contributed by atoms with van der Waals surface area (Å²) in [5.74, 6) is 0. The number of nitriles is 1. The van der Waals surface area contributed by atoms with Gasteiger partial charge in [-0.2, -0.15) is 5.26 Å². The summed E-state index contributed by atoms with van der Waals surface area (Å²) in [6.07, 6.45) is 4.47. The van der Waals surface area contributed by atoms with Crippen molar-refractivity contribution < 1.29 is 0 Å². The Bertz CT molecular complexity index is 5670. The molecule has 0 radical (unpaired) electrons. The summed E-state index contributed by atoms with van der Waals surface area (Å²) in [6.45, 7) is 32.0. The van der Waals surface area contributed by atoms with Crippen molar-refractivity contribution in [3.63, 3.8) is 0 Å². The third-order valence-electron chi connectivity index (χ3n) is 21.2. The van der Waals surface area contributed by atoms with Crippen molar-refractivity contribution in [1.29, 1.82) is 5.26 Å². The molecule has 5 heterocycles. The van der Waals surface area contributed by atoms with Gasteiger partial charge in [0.15, 0.2) is 8.07 Å². The Balaban J connectivity index is 1.22. The molecule has 0 amide bonds. The normalized spacial score (nSPS) is 14.0. The smallest absolute Gasteiger partial charge is 0.182 e. The van der Waals surface area contributed by atoms with Gasteiger partial charge in [0, 0.05) is 43.6 Å². The molecule has 0 saturated carbocycles. The lowest BCUT2D eigenvalue weighted by molar-refractivity contribution is 0.504. The largest absolute Gasteiger partial charge is 0.356 e. The number of nitrogens with zero attached hydrogens (tertiary/aromatic N) is 4. The lowest BCUT2D eigenvalue weighted by Gasteiger charge is -2.30. The molecule has 0 fully saturated rings. The van der Waals surface area contributed by atoms with Gasteiger partial charge in [-0.3, -0.25) is 0 Å². The van der Waals surface area contributed by atoms with Crippen LogP contribution in [0.5, 0.6) is 0 Å². The molecular formula is C89H81N5Si. The lowest BCUT2D eigenvalue weighted by Crippen LogP contribution is -2.70. The highest BCUT2D eigenvalue weighted by Gasteiger charge is 2.55. The number of benzene rings is 11. The average Bonchev–Trinajstić information content (AvgIpc) is 1.52. The van der Waals surface area contributed by atoms with E-state index in [4.69, 9.17) is 0 Å². The molecule has 1 N–H and O–H groups in total. The van der Waals surface area contributed by atoms with Gasteiger partial charge in [-0.1, -0.05) is 259 Å². The Morgan fingerprint density at radius 3 is 1.18 bits per heavy atom. The van der Waals surface area contributed by atoms with Gasteiger partial charge in [-0.25, -0.2) is 0 Å². The highest BCUT2D eigenvalue weighted by molar-refractivity contribution is 7.24. The SMILES string of the molecule is C/C(=C\C=C(/C)C(C)(C)C)Nc1c(C#N)c(-n2c3ccccc3c3cc(C(C)(C)C)ccc32)c(-n2c3ccccc3c3cc(C(C)(C)C)ccc32)c(-c2cccc3c2-c2ccccc2[Si]32c3ccccc3-c3ccccc32)c1-n1c2ccccc2c2cc(C(C)(C)C)ccc21. The van der Waals surface area contributed by atoms with Gasteiger partial charge in [0.1, 0.15) is 11.6 Å². The molecule has 5 nitrogen and oxygen atoms in total. The molecular weight excluding hydrogens is 1170 g/mol. The molecule has 14 aromatic rings. The van der Waals surface area contributed by atoms with Crippen LogP contribution in [0.25, 0.3) is 116 Å². The number of aromatic nitrogens is 3. The lowest BCUT2D eigenvalue weighted by atomic mass is 9.86. The number of para-hydroxylation sites is 3. The van der Waals surface area contributed by atoms with Crippen molar-refractivity contribution in [3.05, 3.63) is 264 Å². The molecule has 16 rings (SSSR count). The van der Waals surface area contributed by atoms with Crippen molar-refractivity contribution in [2.24, 2.45) is 5.41 Å². The van der Waals surface area contributed by atoms with Gasteiger partial charge < -0.3 is 19.0 Å². The van der Waals surface area contributed by atoms with E-state index >= 15 is 0 Å². The van der Waals surface area contributed by atoms with Crippen molar-refractivity contribution in [3.8, 4) is 56.5 Å². The maximum atomic E-state index is 13.2. The molecule has 3 aromatic heterocycles. The molecule has 0 aliphatic carbocycles. The minimum atomic E-state index is -3.06. The first kappa shape index (κ1) is 59.8. The van der Waals surface area contributed by atoms with E-state index in [1.54, 1.807) is 0 Å². The van der Waals surface area contributed by atoms with Gasteiger partial charge >= 0.3 is 0 Å². The predicted octanol–water partition coefficient (Wildman–Crippen LogP) is 21.1. The van der Waals surface area contributed by atoms with E-state index in [0.717, 1.165) is 105 Å². The second-order valence-corrected chi connectivity index (χ2v) is 34.6. The number of rotatable bonds is 7. The zero-order chi connectivity index (χ0) is 66.0. The topological polar surface area (TPSA) is 50.6 Å². The molecule has 0 atom stereocenters. The Morgan fingerprint density at radius 2 is 0.737 bits per heavy atom. The van der Waals surface area contributed by atoms with Crippen LogP contribution in [0.3, 0.4) is 0 Å². The second-order valence-electron chi connectivity index (χ2n) is 31.0. The van der Waals surface area contributed by atoms with Crippen LogP contribution in [0.2, 0.25) is 0 Å². The highest BCUT2D eigenvalue weighted by atomic mass is 28.3. The van der Waals surface area contributed by atoms with Crippen LogP contribution in [-0.4, -0.2) is 21.8 Å². The predicted molar refractivity (Wildman–Crippen MR) is 408 cm³/mol. The second kappa shape index (κ2) is 21.2. The van der Waals surface area contributed by atoms with Gasteiger partial charge in [0.05, 0.1) is 55.8 Å². The van der Waals surface area contributed by atoms with Crippen LogP contribution < -0.4 is 26.1 Å². The minimum absolute atomic E-state index is 0.0685. The number of nitrogens with one attached hydrogen (secondary N) is 1. The van der Waals surface area contributed by atoms with Crippen LogP contribution in [0.15, 0.2) is 242 Å². The summed E-state index contributed by atoms with van der Waals surface area (Å²) in [7, 11) is -3.06. The summed E-state index contributed by atoms with van der Waals surface area (Å²) in [5, 5.41) is 29.9. The molecule has 2 aliphatic rings. The zero-order valence-electron chi connectivity index (χ0n) is 57.2. The van der Waals surface area contributed by atoms with E-state index < -0.39 is 8.07 Å². The molecule has 0 unspecified atom stereocenters. The van der Waals surface area contributed by atoms with Crippen molar-refractivity contribution in [2.75, 3.05) is 5.32 Å². The third-order valence-corrected chi connectivity index (χ3v) is 26.2. The number of hydrogen-bond donors (Lipinski definition) is 1. The van der Waals surface area contributed by atoms with Crippen LogP contribution in [0, 0.1) is 16.7 Å². The third kappa shape index (κ3) is 8.85. The minimum Gasteiger partial charge on any atom is -0.356 e. The number of allylic oxidation sites excluding steroid dienone is 4. The fourth-order valence-electron chi connectivity index (χ4n) is 16.0. The van der Waals surface area contributed by atoms with Gasteiger partial charge in [0.2, 0.25) is 0 Å². The molecule has 0 saturated heterocycles. The molecule has 2 aliphatic heterocycles. The van der Waals surface area contributed by atoms with Gasteiger partial charge in [-0.15, -0.1) is 0 Å². The monoisotopic (exact) mass is 1250 g/mol. The quantitative estimate of drug-likeness (QED) is 0.128. The first-order valence-corrected chi connectivity index (χ1v) is 35.8. The fraction of sp³-hybridized carbons (Fsp3) is 0.202. The summed E-state index contributed by atoms with van der Waals surface area (Å²) in [4.78, 5) is 0. The molecule has 1 spiro atoms. The van der Waals surface area contributed by atoms with Crippen molar-refractivity contribution in [1.82, 2.24) is 13.7 Å². The van der Waals surface area contributed by atoms with Crippen LogP contribution in [0.1, 0.15) is 119 Å². The molecule has 11 aromatic carbocycles. The Morgan fingerprint density at radius 1 is 0.368 bits per heavy atom. The number of anilines is 1. The zero-order valence-corrected chi connectivity index (χ0v) is 58.2. The van der Waals surface area contributed by atoms with Crippen molar-refractivity contribution in [2.45, 2.75) is 113 Å². The Kier molecular flexibility index (Phi) is 13.3. The molecule has 466 valence electrons. The van der Waals surface area contributed by atoms with Crippen LogP contribution >= 0.6 is 0 Å². The maximum absolute atomic E-state index is 13.2. The average molecular weight is 1250 g/mol.